The van der Waals surface area contributed by atoms with Gasteiger partial charge in [0.2, 0.25) is 5.91 Å². The summed E-state index contributed by atoms with van der Waals surface area (Å²) in [6, 6.07) is 17.6. The van der Waals surface area contributed by atoms with E-state index in [1.54, 1.807) is 0 Å². The van der Waals surface area contributed by atoms with Crippen LogP contribution in [0.1, 0.15) is 33.3 Å². The van der Waals surface area contributed by atoms with Crippen molar-refractivity contribution in [3.63, 3.8) is 0 Å². The van der Waals surface area contributed by atoms with Crippen LogP contribution in [0.2, 0.25) is 0 Å². The van der Waals surface area contributed by atoms with Crippen molar-refractivity contribution in [1.29, 1.82) is 0 Å². The Bertz CT molecular complexity index is 648. The Labute approximate surface area is 138 Å². The summed E-state index contributed by atoms with van der Waals surface area (Å²) in [6.45, 7) is 7.86. The Morgan fingerprint density at radius 1 is 1.04 bits per heavy atom. The number of rotatable bonds is 6. The smallest absolute Gasteiger partial charge is 0.230 e. The molecule has 0 fully saturated rings. The molecule has 0 heterocycles. The molecule has 23 heavy (non-hydrogen) atoms. The van der Waals surface area contributed by atoms with Crippen LogP contribution in [0.25, 0.3) is 0 Å². The molecule has 3 heteroatoms. The lowest BCUT2D eigenvalue weighted by Crippen LogP contribution is -2.33. The van der Waals surface area contributed by atoms with Gasteiger partial charge in [-0.25, -0.2) is 0 Å². The number of hydrogen-bond acceptors (Lipinski definition) is 2. The molecule has 0 aliphatic carbocycles. The topological polar surface area (TPSA) is 38.3 Å². The maximum Gasteiger partial charge on any atom is 0.230 e. The van der Waals surface area contributed by atoms with Crippen LogP contribution >= 0.6 is 0 Å². The molecule has 0 radical (unpaired) electrons. The second-order valence-corrected chi connectivity index (χ2v) is 6.66. The minimum Gasteiger partial charge on any atom is -0.489 e. The monoisotopic (exact) mass is 311 g/mol. The summed E-state index contributed by atoms with van der Waals surface area (Å²) >= 11 is 0. The lowest BCUT2D eigenvalue weighted by Gasteiger charge is -2.24. The Balaban J connectivity index is 2.12. The van der Waals surface area contributed by atoms with Crippen LogP contribution in [0.5, 0.6) is 5.75 Å². The van der Waals surface area contributed by atoms with E-state index in [2.05, 4.69) is 5.32 Å². The zero-order valence-corrected chi connectivity index (χ0v) is 14.3. The molecule has 0 aliphatic heterocycles. The van der Waals surface area contributed by atoms with Gasteiger partial charge in [0.05, 0.1) is 11.8 Å². The number of carbonyl (C=O) groups is 1. The van der Waals surface area contributed by atoms with Crippen molar-refractivity contribution >= 4 is 11.6 Å². The van der Waals surface area contributed by atoms with Crippen LogP contribution in [0.4, 0.5) is 5.69 Å². The van der Waals surface area contributed by atoms with Crippen molar-refractivity contribution in [3.8, 4) is 5.75 Å². The highest BCUT2D eigenvalue weighted by molar-refractivity contribution is 5.96. The molecule has 122 valence electrons. The van der Waals surface area contributed by atoms with Crippen molar-refractivity contribution in [3.05, 3.63) is 60.2 Å². The van der Waals surface area contributed by atoms with E-state index >= 15 is 0 Å². The third-order valence-corrected chi connectivity index (χ3v) is 3.60. The molecule has 0 aliphatic rings. The van der Waals surface area contributed by atoms with Crippen molar-refractivity contribution in [2.75, 3.05) is 5.32 Å². The number of hydrogen-bond donors (Lipinski definition) is 1. The molecule has 0 spiro atoms. The summed E-state index contributed by atoms with van der Waals surface area (Å²) in [5, 5.41) is 3.01. The highest BCUT2D eigenvalue weighted by atomic mass is 16.5. The van der Waals surface area contributed by atoms with E-state index in [9.17, 15) is 4.79 Å². The van der Waals surface area contributed by atoms with Crippen molar-refractivity contribution in [2.24, 2.45) is 5.41 Å². The van der Waals surface area contributed by atoms with Gasteiger partial charge in [0, 0.05) is 5.41 Å². The van der Waals surface area contributed by atoms with E-state index in [1.807, 2.05) is 82.3 Å². The largest absolute Gasteiger partial charge is 0.489 e. The lowest BCUT2D eigenvalue weighted by molar-refractivity contribution is -0.123. The summed E-state index contributed by atoms with van der Waals surface area (Å²) in [5.74, 6) is 0.688. The summed E-state index contributed by atoms with van der Waals surface area (Å²) < 4.78 is 5.76. The fourth-order valence-electron chi connectivity index (χ4n) is 2.40. The molecule has 0 unspecified atom stereocenters. The lowest BCUT2D eigenvalue weighted by atomic mass is 9.84. The number of anilines is 1. The molecule has 1 N–H and O–H groups in total. The first-order valence-corrected chi connectivity index (χ1v) is 7.99. The van der Waals surface area contributed by atoms with E-state index < -0.39 is 5.41 Å². The first-order chi connectivity index (χ1) is 10.9. The molecular weight excluding hydrogens is 286 g/mol. The number of benzene rings is 2. The SMILES string of the molecule is CC(C)Oc1ccccc1NC(=O)C(C)(C)Cc1ccccc1. The summed E-state index contributed by atoms with van der Waals surface area (Å²) in [5.41, 5.74) is 1.36. The molecule has 2 aromatic carbocycles. The van der Waals surface area contributed by atoms with Crippen LogP contribution in [0.15, 0.2) is 54.6 Å². The molecule has 0 aromatic heterocycles. The minimum atomic E-state index is -0.508. The van der Waals surface area contributed by atoms with Crippen LogP contribution < -0.4 is 10.1 Å². The normalized spacial score (nSPS) is 11.3. The molecule has 0 bridgehead atoms. The Kier molecular flexibility index (Phi) is 5.43. The van der Waals surface area contributed by atoms with Gasteiger partial charge in [-0.15, -0.1) is 0 Å². The van der Waals surface area contributed by atoms with Gasteiger partial charge in [0.15, 0.2) is 0 Å². The second-order valence-electron chi connectivity index (χ2n) is 6.66. The van der Waals surface area contributed by atoms with Crippen molar-refractivity contribution in [1.82, 2.24) is 0 Å². The highest BCUT2D eigenvalue weighted by Crippen LogP contribution is 2.29. The van der Waals surface area contributed by atoms with Crippen LogP contribution in [0.3, 0.4) is 0 Å². The summed E-state index contributed by atoms with van der Waals surface area (Å²) in [6.07, 6.45) is 0.748. The zero-order valence-electron chi connectivity index (χ0n) is 14.3. The maximum atomic E-state index is 12.7. The molecule has 2 rings (SSSR count). The predicted molar refractivity (Wildman–Crippen MR) is 94.8 cm³/mol. The molecular formula is C20H25NO2. The van der Waals surface area contributed by atoms with E-state index in [0.717, 1.165) is 5.56 Å². The third kappa shape index (κ3) is 4.85. The fourth-order valence-corrected chi connectivity index (χ4v) is 2.40. The Morgan fingerprint density at radius 2 is 1.65 bits per heavy atom. The van der Waals surface area contributed by atoms with Crippen molar-refractivity contribution in [2.45, 2.75) is 40.2 Å². The second kappa shape index (κ2) is 7.32. The summed E-state index contributed by atoms with van der Waals surface area (Å²) in [7, 11) is 0. The van der Waals surface area contributed by atoms with Crippen LogP contribution in [-0.4, -0.2) is 12.0 Å². The minimum absolute atomic E-state index is 0.0128. The van der Waals surface area contributed by atoms with Gasteiger partial charge >= 0.3 is 0 Å². The Morgan fingerprint density at radius 3 is 2.30 bits per heavy atom. The van der Waals surface area contributed by atoms with Gasteiger partial charge in [0.25, 0.3) is 0 Å². The summed E-state index contributed by atoms with van der Waals surface area (Å²) in [4.78, 5) is 12.7. The number of amides is 1. The van der Waals surface area contributed by atoms with Crippen LogP contribution in [0, 0.1) is 5.41 Å². The fraction of sp³-hybridized carbons (Fsp3) is 0.350. The molecule has 3 nitrogen and oxygen atoms in total. The van der Waals surface area contributed by atoms with Gasteiger partial charge in [-0.05, 0) is 38.0 Å². The van der Waals surface area contributed by atoms with E-state index in [0.29, 0.717) is 17.9 Å². The number of para-hydroxylation sites is 2. The maximum absolute atomic E-state index is 12.7. The average molecular weight is 311 g/mol. The third-order valence-electron chi connectivity index (χ3n) is 3.60. The molecule has 0 atom stereocenters. The van der Waals surface area contributed by atoms with E-state index in [4.69, 9.17) is 4.74 Å². The first kappa shape index (κ1) is 17.1. The van der Waals surface area contributed by atoms with Gasteiger partial charge in [-0.1, -0.05) is 56.3 Å². The van der Waals surface area contributed by atoms with E-state index in [1.165, 1.54) is 0 Å². The quantitative estimate of drug-likeness (QED) is 0.841. The number of carbonyl (C=O) groups excluding carboxylic acids is 1. The van der Waals surface area contributed by atoms with Gasteiger partial charge < -0.3 is 10.1 Å². The number of nitrogens with one attached hydrogen (secondary N) is 1. The molecule has 2 aromatic rings. The van der Waals surface area contributed by atoms with Gasteiger partial charge in [-0.3, -0.25) is 4.79 Å². The standard InChI is InChI=1S/C20H25NO2/c1-15(2)23-18-13-9-8-12-17(18)21-19(22)20(3,4)14-16-10-6-5-7-11-16/h5-13,15H,14H2,1-4H3,(H,21,22). The average Bonchev–Trinajstić information content (AvgIpc) is 2.49. The highest BCUT2D eigenvalue weighted by Gasteiger charge is 2.28. The van der Waals surface area contributed by atoms with Gasteiger partial charge in [-0.2, -0.15) is 0 Å². The van der Waals surface area contributed by atoms with E-state index in [-0.39, 0.29) is 12.0 Å². The van der Waals surface area contributed by atoms with Gasteiger partial charge in [0.1, 0.15) is 5.75 Å². The van der Waals surface area contributed by atoms with Crippen molar-refractivity contribution < 1.29 is 9.53 Å². The molecule has 0 saturated heterocycles. The zero-order chi connectivity index (χ0) is 16.9. The first-order valence-electron chi connectivity index (χ1n) is 7.99. The molecule has 0 saturated carbocycles. The molecule has 1 amide bonds. The number of ether oxygens (including phenoxy) is 1. The van der Waals surface area contributed by atoms with Crippen LogP contribution in [-0.2, 0) is 11.2 Å². The Hall–Kier alpha value is -2.29. The predicted octanol–water partition coefficient (Wildman–Crippen LogP) is 4.68.